The Morgan fingerprint density at radius 3 is 2.22 bits per heavy atom. The lowest BCUT2D eigenvalue weighted by molar-refractivity contribution is 0.0696. The monoisotopic (exact) mass is 379 g/mol. The van der Waals surface area contributed by atoms with Gasteiger partial charge in [0.25, 0.3) is 0 Å². The molecule has 2 aromatic rings. The van der Waals surface area contributed by atoms with E-state index in [1.165, 1.54) is 29.2 Å². The van der Waals surface area contributed by atoms with Gasteiger partial charge in [-0.15, -0.1) is 0 Å². The van der Waals surface area contributed by atoms with Gasteiger partial charge in [0.05, 0.1) is 22.1 Å². The summed E-state index contributed by atoms with van der Waals surface area (Å²) in [6.07, 6.45) is 0. The van der Waals surface area contributed by atoms with Gasteiger partial charge in [-0.2, -0.15) is 0 Å². The Kier molecular flexibility index (Phi) is 4.70. The molecule has 0 atom stereocenters. The third-order valence-electron chi connectivity index (χ3n) is 3.45. The fourth-order valence-corrected chi connectivity index (χ4v) is 2.81. The van der Waals surface area contributed by atoms with Crippen LogP contribution in [0.25, 0.3) is 10.8 Å². The van der Waals surface area contributed by atoms with Gasteiger partial charge in [0, 0.05) is 19.7 Å². The smallest absolute Gasteiger partial charge is 0.338 e. The number of benzene rings is 2. The second-order valence-electron chi connectivity index (χ2n) is 5.15. The number of carboxylic acids is 2. The normalized spacial score (nSPS) is 10.6. The maximum absolute atomic E-state index is 11.8. The van der Waals surface area contributed by atoms with E-state index in [2.05, 4.69) is 15.9 Å². The van der Waals surface area contributed by atoms with Crippen molar-refractivity contribution in [2.75, 3.05) is 24.3 Å². The Morgan fingerprint density at radius 1 is 1.09 bits per heavy atom. The van der Waals surface area contributed by atoms with Crippen molar-refractivity contribution in [1.82, 2.24) is 0 Å². The van der Waals surface area contributed by atoms with Gasteiger partial charge in [-0.3, -0.25) is 4.79 Å². The minimum atomic E-state index is -1.23. The van der Waals surface area contributed by atoms with Crippen molar-refractivity contribution in [3.63, 3.8) is 0 Å². The van der Waals surface area contributed by atoms with Gasteiger partial charge in [0.1, 0.15) is 0 Å². The van der Waals surface area contributed by atoms with Crippen LogP contribution in [0.4, 0.5) is 5.69 Å². The lowest BCUT2D eigenvalue weighted by Crippen LogP contribution is -2.19. The fourth-order valence-electron chi connectivity index (χ4n) is 2.49. The zero-order valence-electron chi connectivity index (χ0n) is 12.5. The lowest BCUT2D eigenvalue weighted by atomic mass is 9.95. The number of aromatic carboxylic acids is 2. The van der Waals surface area contributed by atoms with E-state index >= 15 is 0 Å². The second kappa shape index (κ2) is 6.37. The third kappa shape index (κ3) is 3.05. The second-order valence-corrected chi connectivity index (χ2v) is 5.71. The molecule has 0 saturated heterocycles. The van der Waals surface area contributed by atoms with Crippen molar-refractivity contribution in [2.24, 2.45) is 0 Å². The Hall–Kier alpha value is -2.41. The molecule has 120 valence electrons. The van der Waals surface area contributed by atoms with Crippen LogP contribution in [-0.2, 0) is 0 Å². The molecule has 0 aliphatic carbocycles. The number of alkyl halides is 1. The number of halogens is 1. The van der Waals surface area contributed by atoms with Gasteiger partial charge < -0.3 is 15.1 Å². The molecule has 0 unspecified atom stereocenters. The number of carbonyl (C=O) groups is 3. The number of Topliss-reactive ketones (excluding diaryl/α,β-unsaturated/α-hetero) is 1. The largest absolute Gasteiger partial charge is 0.478 e. The van der Waals surface area contributed by atoms with Gasteiger partial charge in [-0.1, -0.05) is 28.1 Å². The quantitative estimate of drug-likeness (QED) is 0.612. The molecule has 0 aliphatic heterocycles. The molecule has 2 aromatic carbocycles. The number of hydrogen-bond acceptors (Lipinski definition) is 4. The van der Waals surface area contributed by atoms with E-state index in [1.54, 1.807) is 14.1 Å². The number of rotatable bonds is 5. The number of anilines is 1. The average Bonchev–Trinajstić information content (AvgIpc) is 2.50. The molecule has 0 bridgehead atoms. The van der Waals surface area contributed by atoms with Crippen LogP contribution >= 0.6 is 15.9 Å². The van der Waals surface area contributed by atoms with Crippen molar-refractivity contribution in [3.05, 3.63) is 41.0 Å². The molecule has 2 rings (SSSR count). The first-order chi connectivity index (χ1) is 10.8. The summed E-state index contributed by atoms with van der Waals surface area (Å²) in [6, 6.07) is 5.98. The summed E-state index contributed by atoms with van der Waals surface area (Å²) in [4.78, 5) is 36.5. The molecule has 0 spiro atoms. The SMILES string of the molecule is CN(C)c1c(C(=O)O)cc2cc(C(=O)CBr)ccc2c1C(=O)O. The first-order valence-corrected chi connectivity index (χ1v) is 7.74. The molecule has 0 fully saturated rings. The Morgan fingerprint density at radius 2 is 1.74 bits per heavy atom. The number of hydrogen-bond donors (Lipinski definition) is 2. The van der Waals surface area contributed by atoms with E-state index < -0.39 is 11.9 Å². The summed E-state index contributed by atoms with van der Waals surface area (Å²) in [5.74, 6) is -2.62. The Bertz CT molecular complexity index is 829. The van der Waals surface area contributed by atoms with Crippen LogP contribution in [0.3, 0.4) is 0 Å². The topological polar surface area (TPSA) is 94.9 Å². The minimum absolute atomic E-state index is 0.0947. The summed E-state index contributed by atoms with van der Waals surface area (Å²) in [5.41, 5.74) is 0.294. The molecule has 0 saturated carbocycles. The van der Waals surface area contributed by atoms with Crippen LogP contribution in [0.15, 0.2) is 24.3 Å². The third-order valence-corrected chi connectivity index (χ3v) is 3.96. The van der Waals surface area contributed by atoms with Crippen LogP contribution in [-0.4, -0.2) is 47.4 Å². The average molecular weight is 380 g/mol. The van der Waals surface area contributed by atoms with Gasteiger partial charge in [-0.25, -0.2) is 9.59 Å². The molecule has 2 N–H and O–H groups in total. The zero-order chi connectivity index (χ0) is 17.3. The Labute approximate surface area is 140 Å². The summed E-state index contributed by atoms with van der Waals surface area (Å²) >= 11 is 3.08. The maximum atomic E-state index is 11.8. The minimum Gasteiger partial charge on any atom is -0.478 e. The highest BCUT2D eigenvalue weighted by molar-refractivity contribution is 9.09. The summed E-state index contributed by atoms with van der Waals surface area (Å²) in [5, 5.41) is 19.9. The van der Waals surface area contributed by atoms with Gasteiger partial charge in [0.15, 0.2) is 5.78 Å². The predicted molar refractivity (Wildman–Crippen MR) is 90.3 cm³/mol. The fraction of sp³-hybridized carbons (Fsp3) is 0.188. The molecule has 6 nitrogen and oxygen atoms in total. The molecule has 7 heteroatoms. The molecule has 0 aliphatic rings. The lowest BCUT2D eigenvalue weighted by Gasteiger charge is -2.20. The van der Waals surface area contributed by atoms with Crippen LogP contribution in [0, 0.1) is 0 Å². The number of carboxylic acid groups (broad SMARTS) is 2. The van der Waals surface area contributed by atoms with Crippen molar-refractivity contribution in [1.29, 1.82) is 0 Å². The molecule has 0 aromatic heterocycles. The summed E-state index contributed by atoms with van der Waals surface area (Å²) < 4.78 is 0. The predicted octanol–water partition coefficient (Wildman–Crippen LogP) is 2.88. The molecular weight excluding hydrogens is 366 g/mol. The number of fused-ring (bicyclic) bond motifs is 1. The number of nitrogens with zero attached hydrogens (tertiary/aromatic N) is 1. The van der Waals surface area contributed by atoms with Crippen molar-refractivity contribution in [2.45, 2.75) is 0 Å². The number of carbonyl (C=O) groups excluding carboxylic acids is 1. The van der Waals surface area contributed by atoms with E-state index in [0.717, 1.165) is 0 Å². The molecule has 0 radical (unpaired) electrons. The first kappa shape index (κ1) is 17.0. The van der Waals surface area contributed by atoms with E-state index in [-0.39, 0.29) is 27.9 Å². The number of ketones is 1. The van der Waals surface area contributed by atoms with Crippen LogP contribution in [0.1, 0.15) is 31.1 Å². The highest BCUT2D eigenvalue weighted by Crippen LogP contribution is 2.33. The van der Waals surface area contributed by atoms with Gasteiger partial charge in [0.2, 0.25) is 0 Å². The van der Waals surface area contributed by atoms with Crippen molar-refractivity contribution >= 4 is 50.1 Å². The molecule has 0 heterocycles. The van der Waals surface area contributed by atoms with Crippen molar-refractivity contribution in [3.8, 4) is 0 Å². The van der Waals surface area contributed by atoms with Crippen LogP contribution in [0.5, 0.6) is 0 Å². The van der Waals surface area contributed by atoms with Crippen LogP contribution in [0.2, 0.25) is 0 Å². The van der Waals surface area contributed by atoms with Gasteiger partial charge >= 0.3 is 11.9 Å². The Balaban J connectivity index is 2.93. The van der Waals surface area contributed by atoms with E-state index in [0.29, 0.717) is 16.3 Å². The summed E-state index contributed by atoms with van der Waals surface area (Å²) in [6.45, 7) is 0. The molecule has 23 heavy (non-hydrogen) atoms. The highest BCUT2D eigenvalue weighted by atomic mass is 79.9. The van der Waals surface area contributed by atoms with Crippen LogP contribution < -0.4 is 4.90 Å². The maximum Gasteiger partial charge on any atom is 0.338 e. The van der Waals surface area contributed by atoms with Gasteiger partial charge in [-0.05, 0) is 22.9 Å². The van der Waals surface area contributed by atoms with E-state index in [1.807, 2.05) is 0 Å². The first-order valence-electron chi connectivity index (χ1n) is 6.61. The van der Waals surface area contributed by atoms with E-state index in [9.17, 15) is 24.6 Å². The zero-order valence-corrected chi connectivity index (χ0v) is 14.0. The highest BCUT2D eigenvalue weighted by Gasteiger charge is 2.24. The van der Waals surface area contributed by atoms with Crippen molar-refractivity contribution < 1.29 is 24.6 Å². The van der Waals surface area contributed by atoms with E-state index in [4.69, 9.17) is 0 Å². The summed E-state index contributed by atoms with van der Waals surface area (Å²) in [7, 11) is 3.17. The standard InChI is InChI=1S/C16H14BrNO5/c1-18(2)14-11(15(20)21)6-9-5-8(12(19)7-17)3-4-10(9)13(14)16(22)23/h3-6H,7H2,1-2H3,(H,20,21)(H,22,23). The molecule has 0 amide bonds. The molecular formula is C16H14BrNO5.